The first-order valence-corrected chi connectivity index (χ1v) is 5.50. The molecule has 100 valence electrons. The molecule has 0 radical (unpaired) electrons. The molecule has 0 spiro atoms. The summed E-state index contributed by atoms with van der Waals surface area (Å²) in [5.41, 5.74) is 4.66. The van der Waals surface area contributed by atoms with Gasteiger partial charge in [0.2, 0.25) is 0 Å². The van der Waals surface area contributed by atoms with Crippen molar-refractivity contribution in [3.8, 4) is 0 Å². The number of anilines is 1. The summed E-state index contributed by atoms with van der Waals surface area (Å²) in [5, 5.41) is 31.7. The maximum Gasteiger partial charge on any atom is 0.290 e. The lowest BCUT2D eigenvalue weighted by atomic mass is 10.1. The van der Waals surface area contributed by atoms with E-state index in [1.54, 1.807) is 0 Å². The first-order chi connectivity index (χ1) is 8.47. The van der Waals surface area contributed by atoms with E-state index in [9.17, 15) is 15.0 Å². The van der Waals surface area contributed by atoms with Crippen LogP contribution in [-0.4, -0.2) is 50.0 Å². The van der Waals surface area contributed by atoms with E-state index in [4.69, 9.17) is 27.2 Å². The van der Waals surface area contributed by atoms with Crippen LogP contribution in [0.25, 0.3) is 0 Å². The van der Waals surface area contributed by atoms with Crippen LogP contribution in [0.3, 0.4) is 0 Å². The highest BCUT2D eigenvalue weighted by atomic mass is 35.5. The van der Waals surface area contributed by atoms with Crippen molar-refractivity contribution in [2.75, 3.05) is 12.3 Å². The fraction of sp³-hybridized carbons (Fsp3) is 0.556. The van der Waals surface area contributed by atoms with Crippen LogP contribution in [0.1, 0.15) is 6.23 Å². The molecular weight excluding hydrogens is 266 g/mol. The van der Waals surface area contributed by atoms with Crippen molar-refractivity contribution < 1.29 is 20.1 Å². The molecule has 0 saturated carbocycles. The van der Waals surface area contributed by atoms with E-state index in [2.05, 4.69) is 5.10 Å². The molecule has 1 aliphatic rings. The van der Waals surface area contributed by atoms with Gasteiger partial charge in [0.1, 0.15) is 23.3 Å². The zero-order chi connectivity index (χ0) is 13.4. The number of rotatable bonds is 2. The summed E-state index contributed by atoms with van der Waals surface area (Å²) in [7, 11) is 0. The van der Waals surface area contributed by atoms with Crippen molar-refractivity contribution in [2.45, 2.75) is 24.5 Å². The third-order valence-corrected chi connectivity index (χ3v) is 3.11. The van der Waals surface area contributed by atoms with Crippen LogP contribution < -0.4 is 11.3 Å². The Bertz CT molecular complexity index is 507. The van der Waals surface area contributed by atoms with Crippen LogP contribution in [0.2, 0.25) is 5.02 Å². The van der Waals surface area contributed by atoms with Crippen molar-refractivity contribution in [1.29, 1.82) is 0 Å². The van der Waals surface area contributed by atoms with Crippen molar-refractivity contribution in [3.63, 3.8) is 0 Å². The number of aliphatic hydroxyl groups excluding tert-OH is 3. The Labute approximate surface area is 106 Å². The van der Waals surface area contributed by atoms with Gasteiger partial charge in [-0.05, 0) is 0 Å². The molecule has 0 bridgehead atoms. The molecule has 1 fully saturated rings. The number of ether oxygens (including phenoxy) is 1. The zero-order valence-corrected chi connectivity index (χ0v) is 9.86. The number of nitrogens with zero attached hydrogens (tertiary/aromatic N) is 2. The molecule has 1 saturated heterocycles. The predicted octanol–water partition coefficient (Wildman–Crippen LogP) is -1.91. The van der Waals surface area contributed by atoms with Gasteiger partial charge in [-0.2, -0.15) is 9.78 Å². The minimum absolute atomic E-state index is 0.00431. The fourth-order valence-corrected chi connectivity index (χ4v) is 1.86. The molecule has 2 heterocycles. The van der Waals surface area contributed by atoms with Gasteiger partial charge in [-0.1, -0.05) is 11.6 Å². The monoisotopic (exact) mass is 277 g/mol. The molecular formula is C9H12ClN3O5. The molecule has 4 atom stereocenters. The van der Waals surface area contributed by atoms with Gasteiger partial charge in [-0.15, -0.1) is 0 Å². The highest BCUT2D eigenvalue weighted by molar-refractivity contribution is 6.32. The van der Waals surface area contributed by atoms with Crippen LogP contribution >= 0.6 is 11.6 Å². The maximum atomic E-state index is 11.8. The number of aromatic nitrogens is 2. The molecule has 1 aromatic heterocycles. The van der Waals surface area contributed by atoms with Crippen molar-refractivity contribution >= 4 is 17.3 Å². The molecule has 4 unspecified atom stereocenters. The van der Waals surface area contributed by atoms with Crippen LogP contribution in [0, 0.1) is 0 Å². The van der Waals surface area contributed by atoms with Gasteiger partial charge in [0.05, 0.1) is 18.5 Å². The SMILES string of the molecule is Nc1cnn(C2OC(CO)C(O)C2O)c(=O)c1Cl. The molecule has 0 aliphatic carbocycles. The average Bonchev–Trinajstić information content (AvgIpc) is 2.64. The molecule has 2 rings (SSSR count). The predicted molar refractivity (Wildman–Crippen MR) is 60.9 cm³/mol. The molecule has 5 N–H and O–H groups in total. The van der Waals surface area contributed by atoms with E-state index in [1.807, 2.05) is 0 Å². The Kier molecular flexibility index (Phi) is 3.55. The number of nitrogens with two attached hydrogens (primary N) is 1. The molecule has 1 aromatic rings. The Hall–Kier alpha value is -1.19. The minimum Gasteiger partial charge on any atom is -0.396 e. The third kappa shape index (κ3) is 1.98. The maximum absolute atomic E-state index is 11.8. The van der Waals surface area contributed by atoms with E-state index >= 15 is 0 Å². The van der Waals surface area contributed by atoms with E-state index < -0.39 is 36.7 Å². The van der Waals surface area contributed by atoms with Crippen LogP contribution in [0.15, 0.2) is 11.0 Å². The molecule has 9 heteroatoms. The topological polar surface area (TPSA) is 131 Å². The second kappa shape index (κ2) is 4.82. The first kappa shape index (κ1) is 13.2. The van der Waals surface area contributed by atoms with Crippen molar-refractivity contribution in [2.24, 2.45) is 0 Å². The quantitative estimate of drug-likeness (QED) is 0.496. The minimum atomic E-state index is -1.40. The highest BCUT2D eigenvalue weighted by Crippen LogP contribution is 2.28. The van der Waals surface area contributed by atoms with Gasteiger partial charge in [0, 0.05) is 0 Å². The molecule has 0 amide bonds. The lowest BCUT2D eigenvalue weighted by molar-refractivity contribution is -0.0609. The number of halogens is 1. The summed E-state index contributed by atoms with van der Waals surface area (Å²) in [4.78, 5) is 11.8. The van der Waals surface area contributed by atoms with Gasteiger partial charge >= 0.3 is 0 Å². The Morgan fingerprint density at radius 3 is 2.72 bits per heavy atom. The Morgan fingerprint density at radius 1 is 1.50 bits per heavy atom. The largest absolute Gasteiger partial charge is 0.396 e. The summed E-state index contributed by atoms with van der Waals surface area (Å²) < 4.78 is 5.93. The fourth-order valence-electron chi connectivity index (χ4n) is 1.72. The second-order valence-electron chi connectivity index (χ2n) is 3.89. The van der Waals surface area contributed by atoms with E-state index in [0.717, 1.165) is 10.9 Å². The lowest BCUT2D eigenvalue weighted by Gasteiger charge is -2.16. The summed E-state index contributed by atoms with van der Waals surface area (Å²) in [6.45, 7) is -0.494. The van der Waals surface area contributed by atoms with Crippen LogP contribution in [0.4, 0.5) is 5.69 Å². The summed E-state index contributed by atoms with van der Waals surface area (Å²) in [5.74, 6) is 0. The van der Waals surface area contributed by atoms with Crippen molar-refractivity contribution in [1.82, 2.24) is 9.78 Å². The summed E-state index contributed by atoms with van der Waals surface area (Å²) >= 11 is 5.67. The summed E-state index contributed by atoms with van der Waals surface area (Å²) in [6, 6.07) is 0. The van der Waals surface area contributed by atoms with Gasteiger partial charge in [-0.3, -0.25) is 4.79 Å². The molecule has 8 nitrogen and oxygen atoms in total. The number of hydrogen-bond donors (Lipinski definition) is 4. The van der Waals surface area contributed by atoms with Gasteiger partial charge in [0.15, 0.2) is 6.23 Å². The van der Waals surface area contributed by atoms with E-state index in [1.165, 1.54) is 0 Å². The Balaban J connectivity index is 2.39. The summed E-state index contributed by atoms with van der Waals surface area (Å²) in [6.07, 6.45) is -3.78. The second-order valence-corrected chi connectivity index (χ2v) is 4.27. The van der Waals surface area contributed by atoms with Crippen molar-refractivity contribution in [3.05, 3.63) is 21.6 Å². The Morgan fingerprint density at radius 2 is 2.17 bits per heavy atom. The number of hydrogen-bond acceptors (Lipinski definition) is 7. The molecule has 1 aliphatic heterocycles. The van der Waals surface area contributed by atoms with Gasteiger partial charge in [0.25, 0.3) is 5.56 Å². The normalized spacial score (nSPS) is 31.8. The zero-order valence-electron chi connectivity index (χ0n) is 9.10. The van der Waals surface area contributed by atoms with Gasteiger partial charge in [-0.25, -0.2) is 0 Å². The number of aliphatic hydroxyl groups is 3. The average molecular weight is 278 g/mol. The molecule has 18 heavy (non-hydrogen) atoms. The lowest BCUT2D eigenvalue weighted by Crippen LogP contribution is -2.36. The van der Waals surface area contributed by atoms with Gasteiger partial charge < -0.3 is 25.8 Å². The van der Waals surface area contributed by atoms with E-state index in [-0.39, 0.29) is 10.7 Å². The smallest absolute Gasteiger partial charge is 0.290 e. The highest BCUT2D eigenvalue weighted by Gasteiger charge is 2.44. The van der Waals surface area contributed by atoms with E-state index in [0.29, 0.717) is 0 Å². The standard InChI is InChI=1S/C9H12ClN3O5/c10-5-3(11)1-12-13(8(5)17)9-7(16)6(15)4(2-14)18-9/h1,4,6-7,9,14-16H,2,11H2. The first-order valence-electron chi connectivity index (χ1n) is 5.12. The number of nitrogen functional groups attached to an aromatic ring is 1. The molecule has 0 aromatic carbocycles. The van der Waals surface area contributed by atoms with Crippen LogP contribution in [0.5, 0.6) is 0 Å². The third-order valence-electron chi connectivity index (χ3n) is 2.73. The van der Waals surface area contributed by atoms with Crippen LogP contribution in [-0.2, 0) is 4.74 Å².